The van der Waals surface area contributed by atoms with Crippen LogP contribution in [-0.4, -0.2) is 42.2 Å². The lowest BCUT2D eigenvalue weighted by Crippen LogP contribution is -2.43. The van der Waals surface area contributed by atoms with Gasteiger partial charge in [-0.3, -0.25) is 0 Å². The molecule has 2 unspecified atom stereocenters. The van der Waals surface area contributed by atoms with Crippen molar-refractivity contribution in [1.82, 2.24) is 5.32 Å². The number of nitrogens with one attached hydrogen (secondary N) is 1. The molecular formula is C11H19NO4. The van der Waals surface area contributed by atoms with E-state index in [1.54, 1.807) is 12.2 Å². The summed E-state index contributed by atoms with van der Waals surface area (Å²) in [5, 5.41) is 11.5. The molecule has 16 heavy (non-hydrogen) atoms. The molecule has 92 valence electrons. The van der Waals surface area contributed by atoms with Crippen LogP contribution < -0.4 is 5.32 Å². The summed E-state index contributed by atoms with van der Waals surface area (Å²) >= 11 is 0. The molecule has 2 N–H and O–H groups in total. The molecule has 5 nitrogen and oxygen atoms in total. The van der Waals surface area contributed by atoms with Crippen molar-refractivity contribution >= 4 is 6.09 Å². The fourth-order valence-electron chi connectivity index (χ4n) is 1.24. The first kappa shape index (κ1) is 13.0. The van der Waals surface area contributed by atoms with Gasteiger partial charge in [-0.1, -0.05) is 6.08 Å². The second kappa shape index (κ2) is 5.32. The van der Waals surface area contributed by atoms with E-state index in [1.165, 1.54) is 0 Å². The van der Waals surface area contributed by atoms with E-state index < -0.39 is 6.09 Å². The van der Waals surface area contributed by atoms with Crippen molar-refractivity contribution in [2.24, 2.45) is 0 Å². The summed E-state index contributed by atoms with van der Waals surface area (Å²) in [6, 6.07) is 0. The largest absolute Gasteiger partial charge is 0.440 e. The first-order valence-electron chi connectivity index (χ1n) is 5.30. The molecule has 0 aliphatic carbocycles. The van der Waals surface area contributed by atoms with Gasteiger partial charge in [0.2, 0.25) is 0 Å². The summed E-state index contributed by atoms with van der Waals surface area (Å²) in [6.45, 7) is 5.85. The minimum Gasteiger partial charge on any atom is -0.440 e. The Labute approximate surface area is 95.4 Å². The highest BCUT2D eigenvalue weighted by atomic mass is 16.6. The molecule has 1 heterocycles. The van der Waals surface area contributed by atoms with Crippen LogP contribution in [0.2, 0.25) is 0 Å². The molecule has 0 bridgehead atoms. The van der Waals surface area contributed by atoms with Gasteiger partial charge in [0.15, 0.2) is 0 Å². The summed E-state index contributed by atoms with van der Waals surface area (Å²) < 4.78 is 10.3. The van der Waals surface area contributed by atoms with Crippen LogP contribution in [0.5, 0.6) is 0 Å². The van der Waals surface area contributed by atoms with E-state index in [0.29, 0.717) is 0 Å². The maximum absolute atomic E-state index is 11.4. The molecule has 1 rings (SSSR count). The number of hydrogen-bond acceptors (Lipinski definition) is 4. The van der Waals surface area contributed by atoms with Gasteiger partial charge in [0.05, 0.1) is 19.3 Å². The predicted molar refractivity (Wildman–Crippen MR) is 59.1 cm³/mol. The zero-order chi connectivity index (χ0) is 12.2. The number of aliphatic hydroxyl groups excluding tert-OH is 1. The Hall–Kier alpha value is -1.07. The maximum atomic E-state index is 11.4. The van der Waals surface area contributed by atoms with Crippen molar-refractivity contribution in [3.05, 3.63) is 12.2 Å². The molecule has 2 atom stereocenters. The van der Waals surface area contributed by atoms with Crippen LogP contribution in [-0.2, 0) is 9.47 Å². The van der Waals surface area contributed by atoms with Crippen molar-refractivity contribution < 1.29 is 19.4 Å². The molecule has 1 aliphatic heterocycles. The van der Waals surface area contributed by atoms with Crippen molar-refractivity contribution in [2.45, 2.75) is 38.5 Å². The van der Waals surface area contributed by atoms with Gasteiger partial charge in [-0.05, 0) is 26.8 Å². The maximum Gasteiger partial charge on any atom is 0.408 e. The van der Waals surface area contributed by atoms with Crippen molar-refractivity contribution in [3.63, 3.8) is 0 Å². The first-order chi connectivity index (χ1) is 7.40. The van der Waals surface area contributed by atoms with Crippen LogP contribution in [0.1, 0.15) is 20.8 Å². The number of rotatable bonds is 2. The van der Waals surface area contributed by atoms with Crippen LogP contribution in [0.25, 0.3) is 0 Å². The van der Waals surface area contributed by atoms with E-state index >= 15 is 0 Å². The monoisotopic (exact) mass is 229 g/mol. The number of amides is 1. The summed E-state index contributed by atoms with van der Waals surface area (Å²) in [5.41, 5.74) is -0.316. The van der Waals surface area contributed by atoms with Gasteiger partial charge in [-0.15, -0.1) is 0 Å². The van der Waals surface area contributed by atoms with Gasteiger partial charge in [0.25, 0.3) is 0 Å². The lowest BCUT2D eigenvalue weighted by atomic mass is 10.1. The van der Waals surface area contributed by atoms with Crippen LogP contribution in [0.3, 0.4) is 0 Å². The zero-order valence-corrected chi connectivity index (χ0v) is 9.90. The van der Waals surface area contributed by atoms with Crippen LogP contribution in [0, 0.1) is 0 Å². The second-order valence-electron chi connectivity index (χ2n) is 4.76. The summed E-state index contributed by atoms with van der Waals surface area (Å²) in [7, 11) is 0. The van der Waals surface area contributed by atoms with Crippen molar-refractivity contribution in [1.29, 1.82) is 0 Å². The van der Waals surface area contributed by atoms with Crippen molar-refractivity contribution in [3.8, 4) is 0 Å². The summed E-state index contributed by atoms with van der Waals surface area (Å²) in [4.78, 5) is 11.4. The van der Waals surface area contributed by atoms with Crippen LogP contribution in [0.4, 0.5) is 4.79 Å². The Morgan fingerprint density at radius 3 is 2.69 bits per heavy atom. The zero-order valence-electron chi connectivity index (χ0n) is 9.90. The van der Waals surface area contributed by atoms with E-state index in [9.17, 15) is 4.79 Å². The average Bonchev–Trinajstić information content (AvgIpc) is 2.16. The van der Waals surface area contributed by atoms with Crippen LogP contribution >= 0.6 is 0 Å². The van der Waals surface area contributed by atoms with E-state index in [4.69, 9.17) is 14.6 Å². The molecule has 0 spiro atoms. The molecule has 0 fully saturated rings. The van der Waals surface area contributed by atoms with Gasteiger partial charge in [0.1, 0.15) is 6.10 Å². The molecule has 0 saturated carbocycles. The van der Waals surface area contributed by atoms with Crippen LogP contribution in [0.15, 0.2) is 12.2 Å². The summed E-state index contributed by atoms with van der Waals surface area (Å²) in [5.74, 6) is 0. The Kier molecular flexibility index (Phi) is 4.32. The van der Waals surface area contributed by atoms with Gasteiger partial charge in [0, 0.05) is 5.54 Å². The van der Waals surface area contributed by atoms with Gasteiger partial charge in [-0.2, -0.15) is 0 Å². The number of ether oxygens (including phenoxy) is 2. The van der Waals surface area contributed by atoms with E-state index in [1.807, 2.05) is 20.8 Å². The third kappa shape index (κ3) is 4.63. The second-order valence-corrected chi connectivity index (χ2v) is 4.76. The van der Waals surface area contributed by atoms with E-state index in [0.717, 1.165) is 0 Å². The molecule has 0 aromatic rings. The standard InChI is InChI=1S/C11H19NO4/c1-11(2,3)12-10(14)16-9-5-4-8(6-13)15-7-9/h4-5,8-9,13H,6-7H2,1-3H3,(H,12,14). The normalized spacial score (nSPS) is 25.2. The molecule has 1 amide bonds. The molecule has 0 aromatic heterocycles. The highest BCUT2D eigenvalue weighted by Crippen LogP contribution is 2.09. The number of hydrogen-bond donors (Lipinski definition) is 2. The molecule has 0 aromatic carbocycles. The lowest BCUT2D eigenvalue weighted by Gasteiger charge is -2.25. The Balaban J connectivity index is 2.36. The molecule has 0 saturated heterocycles. The lowest BCUT2D eigenvalue weighted by molar-refractivity contribution is -0.0155. The highest BCUT2D eigenvalue weighted by molar-refractivity contribution is 5.68. The number of aliphatic hydroxyl groups is 1. The van der Waals surface area contributed by atoms with E-state index in [-0.39, 0.29) is 31.0 Å². The smallest absolute Gasteiger partial charge is 0.408 e. The Bertz CT molecular complexity index is 270. The highest BCUT2D eigenvalue weighted by Gasteiger charge is 2.21. The third-order valence-corrected chi connectivity index (χ3v) is 1.93. The third-order valence-electron chi connectivity index (χ3n) is 1.93. The number of carbonyl (C=O) groups excluding carboxylic acids is 1. The van der Waals surface area contributed by atoms with Gasteiger partial charge < -0.3 is 19.9 Å². The Morgan fingerprint density at radius 1 is 1.56 bits per heavy atom. The topological polar surface area (TPSA) is 67.8 Å². The summed E-state index contributed by atoms with van der Waals surface area (Å²) in [6.07, 6.45) is 2.29. The average molecular weight is 229 g/mol. The first-order valence-corrected chi connectivity index (χ1v) is 5.30. The molecule has 1 aliphatic rings. The molecule has 5 heteroatoms. The number of alkyl carbamates (subject to hydrolysis) is 1. The van der Waals surface area contributed by atoms with Crippen molar-refractivity contribution in [2.75, 3.05) is 13.2 Å². The fourth-order valence-corrected chi connectivity index (χ4v) is 1.24. The Morgan fingerprint density at radius 2 is 2.25 bits per heavy atom. The minimum atomic E-state index is -0.465. The van der Waals surface area contributed by atoms with Gasteiger partial charge in [-0.25, -0.2) is 4.79 Å². The molecule has 0 radical (unpaired) electrons. The van der Waals surface area contributed by atoms with E-state index in [2.05, 4.69) is 5.32 Å². The molecular weight excluding hydrogens is 210 g/mol. The predicted octanol–water partition coefficient (Wildman–Crippen LogP) is 0.827. The SMILES string of the molecule is CC(C)(C)NC(=O)OC1C=CC(CO)OC1. The quantitative estimate of drug-likeness (QED) is 0.688. The number of carbonyl (C=O) groups is 1. The minimum absolute atomic E-state index is 0.0581. The van der Waals surface area contributed by atoms with Gasteiger partial charge >= 0.3 is 6.09 Å². The fraction of sp³-hybridized carbons (Fsp3) is 0.727.